The van der Waals surface area contributed by atoms with E-state index in [1.54, 1.807) is 12.1 Å². The van der Waals surface area contributed by atoms with Gasteiger partial charge in [0, 0.05) is 33.7 Å². The van der Waals surface area contributed by atoms with Crippen LogP contribution in [0.5, 0.6) is 11.5 Å². The smallest absolute Gasteiger partial charge is 0.231 e. The van der Waals surface area contributed by atoms with Gasteiger partial charge < -0.3 is 14.0 Å². The number of rotatable bonds is 6. The number of nitrogens with zero attached hydrogens (tertiary/aromatic N) is 3. The van der Waals surface area contributed by atoms with Crippen LogP contribution in [0.1, 0.15) is 54.5 Å². The van der Waals surface area contributed by atoms with Gasteiger partial charge >= 0.3 is 0 Å². The Morgan fingerprint density at radius 1 is 1.30 bits per heavy atom. The number of pyridine rings is 1. The Morgan fingerprint density at radius 3 is 2.70 bits per heavy atom. The number of fused-ring (bicyclic) bond motifs is 2. The van der Waals surface area contributed by atoms with Gasteiger partial charge in [-0.3, -0.25) is 4.79 Å². The molecule has 6 nitrogen and oxygen atoms in total. The van der Waals surface area contributed by atoms with Gasteiger partial charge in [-0.15, -0.1) is 0 Å². The molecule has 0 bridgehead atoms. The summed E-state index contributed by atoms with van der Waals surface area (Å²) in [7, 11) is 0. The predicted molar refractivity (Wildman–Crippen MR) is 114 cm³/mol. The second kappa shape index (κ2) is 8.00. The average molecular weight is 424 g/mol. The lowest BCUT2D eigenvalue weighted by Crippen LogP contribution is -2.12. The minimum absolute atomic E-state index is 0.0745. The molecule has 3 aromatic rings. The molecule has 1 aromatic carbocycles. The van der Waals surface area contributed by atoms with Gasteiger partial charge in [0.05, 0.1) is 6.54 Å². The third-order valence-corrected chi connectivity index (χ3v) is 5.61. The normalized spacial score (nSPS) is 12.5. The number of halogens is 1. The van der Waals surface area contributed by atoms with Crippen molar-refractivity contribution in [3.8, 4) is 17.6 Å². The van der Waals surface area contributed by atoms with Gasteiger partial charge in [-0.05, 0) is 30.2 Å². The number of hydrogen-bond acceptors (Lipinski definition) is 5. The van der Waals surface area contributed by atoms with Gasteiger partial charge in [-0.25, -0.2) is 4.98 Å². The maximum atomic E-state index is 13.1. The number of hydrogen-bond donors (Lipinski definition) is 0. The maximum absolute atomic E-state index is 13.1. The minimum atomic E-state index is -0.149. The van der Waals surface area contributed by atoms with E-state index >= 15 is 0 Å². The van der Waals surface area contributed by atoms with Crippen LogP contribution in [0, 0.1) is 17.2 Å². The zero-order valence-electron chi connectivity index (χ0n) is 17.2. The third kappa shape index (κ3) is 3.40. The molecule has 0 saturated carbocycles. The van der Waals surface area contributed by atoms with Crippen LogP contribution < -0.4 is 9.47 Å². The summed E-state index contributed by atoms with van der Waals surface area (Å²) < 4.78 is 12.9. The number of aromatic nitrogens is 2. The van der Waals surface area contributed by atoms with Crippen LogP contribution in [0.2, 0.25) is 5.02 Å². The largest absolute Gasteiger partial charge is 0.454 e. The molecule has 0 aliphatic carbocycles. The molecule has 0 unspecified atom stereocenters. The van der Waals surface area contributed by atoms with E-state index in [-0.39, 0.29) is 18.5 Å². The Morgan fingerprint density at radius 2 is 2.03 bits per heavy atom. The summed E-state index contributed by atoms with van der Waals surface area (Å²) in [5.41, 5.74) is 3.38. The molecule has 0 N–H and O–H groups in total. The fraction of sp³-hybridized carbons (Fsp3) is 0.348. The fourth-order valence-electron chi connectivity index (χ4n) is 3.81. The molecule has 3 heterocycles. The lowest BCUT2D eigenvalue weighted by atomic mass is 9.97. The highest BCUT2D eigenvalue weighted by molar-refractivity contribution is 6.31. The van der Waals surface area contributed by atoms with E-state index in [0.717, 1.165) is 23.1 Å². The number of Topliss-reactive ketones (excluding diaryl/α,β-unsaturated/α-hetero) is 1. The Balaban J connectivity index is 1.95. The summed E-state index contributed by atoms with van der Waals surface area (Å²) in [5, 5.41) is 10.7. The molecule has 0 amide bonds. The first-order chi connectivity index (χ1) is 14.4. The summed E-state index contributed by atoms with van der Waals surface area (Å²) in [4.78, 5) is 17.7. The van der Waals surface area contributed by atoms with Gasteiger partial charge in [0.25, 0.3) is 0 Å². The predicted octanol–water partition coefficient (Wildman–Crippen LogP) is 5.13. The van der Waals surface area contributed by atoms with Crippen LogP contribution in [0.3, 0.4) is 0 Å². The standard InChI is InChI=1S/C23H22ClN3O3/c1-4-5-18-21(22(28)13(2)3)16-7-6-15(10-25)26-23(16)27(18)11-14-8-19-20(9-17(14)24)30-12-29-19/h6-9,13H,4-5,11-12H2,1-3H3. The van der Waals surface area contributed by atoms with Crippen LogP contribution >= 0.6 is 11.6 Å². The van der Waals surface area contributed by atoms with Crippen molar-refractivity contribution in [3.05, 3.63) is 51.8 Å². The second-order valence-corrected chi connectivity index (χ2v) is 8.06. The van der Waals surface area contributed by atoms with E-state index < -0.39 is 0 Å². The van der Waals surface area contributed by atoms with Crippen LogP contribution in [-0.4, -0.2) is 22.1 Å². The van der Waals surface area contributed by atoms with Gasteiger partial charge in [0.1, 0.15) is 17.4 Å². The number of ketones is 1. The number of carbonyl (C=O) groups excluding carboxylic acids is 1. The number of carbonyl (C=O) groups is 1. The lowest BCUT2D eigenvalue weighted by molar-refractivity contribution is 0.0940. The Bertz CT molecular complexity index is 1190. The molecular weight excluding hydrogens is 402 g/mol. The summed E-state index contributed by atoms with van der Waals surface area (Å²) >= 11 is 6.53. The highest BCUT2D eigenvalue weighted by atomic mass is 35.5. The molecule has 0 radical (unpaired) electrons. The molecule has 0 fully saturated rings. The summed E-state index contributed by atoms with van der Waals surface area (Å²) in [6.07, 6.45) is 1.59. The van der Waals surface area contributed by atoms with Crippen molar-refractivity contribution >= 4 is 28.4 Å². The quantitative estimate of drug-likeness (QED) is 0.513. The highest BCUT2D eigenvalue weighted by Gasteiger charge is 2.26. The van der Waals surface area contributed by atoms with E-state index in [4.69, 9.17) is 21.1 Å². The molecule has 4 rings (SSSR count). The molecule has 0 saturated heterocycles. The van der Waals surface area contributed by atoms with E-state index in [2.05, 4.69) is 18.0 Å². The van der Waals surface area contributed by atoms with E-state index in [1.165, 1.54) is 0 Å². The minimum Gasteiger partial charge on any atom is -0.454 e. The maximum Gasteiger partial charge on any atom is 0.231 e. The molecule has 1 aliphatic heterocycles. The Labute approximate surface area is 180 Å². The first-order valence-corrected chi connectivity index (χ1v) is 10.4. The Kier molecular flexibility index (Phi) is 5.40. The average Bonchev–Trinajstić information content (AvgIpc) is 3.29. The third-order valence-electron chi connectivity index (χ3n) is 5.26. The molecule has 2 aromatic heterocycles. The van der Waals surface area contributed by atoms with Crippen molar-refractivity contribution in [2.75, 3.05) is 6.79 Å². The van der Waals surface area contributed by atoms with E-state index in [1.807, 2.05) is 30.5 Å². The van der Waals surface area contributed by atoms with Crippen molar-refractivity contribution in [2.45, 2.75) is 40.2 Å². The highest BCUT2D eigenvalue weighted by Crippen LogP contribution is 2.38. The van der Waals surface area contributed by atoms with Crippen LogP contribution in [-0.2, 0) is 13.0 Å². The van der Waals surface area contributed by atoms with Crippen molar-refractivity contribution in [1.29, 1.82) is 5.26 Å². The van der Waals surface area contributed by atoms with Crippen LogP contribution in [0.25, 0.3) is 11.0 Å². The van der Waals surface area contributed by atoms with Crippen LogP contribution in [0.4, 0.5) is 0 Å². The SMILES string of the molecule is CCCc1c(C(=O)C(C)C)c2ccc(C#N)nc2n1Cc1cc2c(cc1Cl)OCO2. The van der Waals surface area contributed by atoms with Crippen molar-refractivity contribution in [1.82, 2.24) is 9.55 Å². The molecule has 0 atom stereocenters. The summed E-state index contributed by atoms with van der Waals surface area (Å²) in [6.45, 7) is 6.45. The monoisotopic (exact) mass is 423 g/mol. The van der Waals surface area contributed by atoms with Gasteiger partial charge in [-0.2, -0.15) is 5.26 Å². The Hall–Kier alpha value is -3.04. The molecule has 0 spiro atoms. The van der Waals surface area contributed by atoms with Crippen molar-refractivity contribution in [3.63, 3.8) is 0 Å². The first kappa shape index (κ1) is 20.2. The number of benzene rings is 1. The van der Waals surface area contributed by atoms with Gasteiger partial charge in [-0.1, -0.05) is 38.8 Å². The summed E-state index contributed by atoms with van der Waals surface area (Å²) in [6, 6.07) is 9.20. The summed E-state index contributed by atoms with van der Waals surface area (Å²) in [5.74, 6) is 1.19. The molecule has 154 valence electrons. The zero-order valence-corrected chi connectivity index (χ0v) is 17.9. The molecule has 1 aliphatic rings. The molecular formula is C23H22ClN3O3. The topological polar surface area (TPSA) is 77.1 Å². The second-order valence-electron chi connectivity index (χ2n) is 7.65. The van der Waals surface area contributed by atoms with Gasteiger partial charge in [0.15, 0.2) is 17.3 Å². The van der Waals surface area contributed by atoms with Gasteiger partial charge in [0.2, 0.25) is 6.79 Å². The number of ether oxygens (including phenoxy) is 2. The van der Waals surface area contributed by atoms with Crippen molar-refractivity contribution in [2.24, 2.45) is 5.92 Å². The fourth-order valence-corrected chi connectivity index (χ4v) is 4.02. The van der Waals surface area contributed by atoms with E-state index in [9.17, 15) is 10.1 Å². The number of nitriles is 1. The zero-order chi connectivity index (χ0) is 21.4. The van der Waals surface area contributed by atoms with E-state index in [0.29, 0.717) is 46.4 Å². The van der Waals surface area contributed by atoms with Crippen LogP contribution in [0.15, 0.2) is 24.3 Å². The van der Waals surface area contributed by atoms with Crippen molar-refractivity contribution < 1.29 is 14.3 Å². The lowest BCUT2D eigenvalue weighted by Gasteiger charge is -2.13. The first-order valence-electron chi connectivity index (χ1n) is 9.99. The molecule has 30 heavy (non-hydrogen) atoms. The molecule has 7 heteroatoms.